The molecule has 82 valence electrons. The van der Waals surface area contributed by atoms with E-state index in [9.17, 15) is 4.79 Å². The highest BCUT2D eigenvalue weighted by Gasteiger charge is 2.28. The number of phenolic OH excluding ortho intramolecular Hbond substituents is 1. The smallest absolute Gasteiger partial charge is 0.200 e. The van der Waals surface area contributed by atoms with Crippen molar-refractivity contribution in [1.82, 2.24) is 0 Å². The lowest BCUT2D eigenvalue weighted by atomic mass is 9.89. The zero-order valence-electron chi connectivity index (χ0n) is 7.59. The van der Waals surface area contributed by atoms with E-state index < -0.39 is 11.4 Å². The van der Waals surface area contributed by atoms with E-state index in [4.69, 9.17) is 23.2 Å². The van der Waals surface area contributed by atoms with Crippen LogP contribution in [0.1, 0.15) is 15.9 Å². The van der Waals surface area contributed by atoms with E-state index in [0.717, 1.165) is 0 Å². The van der Waals surface area contributed by atoms with Gasteiger partial charge in [0.25, 0.3) is 0 Å². The second kappa shape index (κ2) is 4.39. The van der Waals surface area contributed by atoms with Crippen LogP contribution in [0.15, 0.2) is 12.1 Å². The van der Waals surface area contributed by atoms with Gasteiger partial charge in [0, 0.05) is 6.07 Å². The summed E-state index contributed by atoms with van der Waals surface area (Å²) in [6.07, 6.45) is 0. The van der Waals surface area contributed by atoms with Gasteiger partial charge in [-0.05, 0) is 6.07 Å². The van der Waals surface area contributed by atoms with Crippen molar-refractivity contribution in [3.05, 3.63) is 23.3 Å². The molecule has 0 saturated heterocycles. The van der Waals surface area contributed by atoms with Crippen molar-refractivity contribution in [2.24, 2.45) is 0 Å². The maximum absolute atomic E-state index is 11.0. The molecule has 0 aromatic heterocycles. The molecule has 2 aliphatic rings. The fraction of sp³-hybridized carbons (Fsp3) is 0.125. The summed E-state index contributed by atoms with van der Waals surface area (Å²) < 4.78 is 28.9. The summed E-state index contributed by atoms with van der Waals surface area (Å²) in [5, 5.41) is 9.15. The predicted molar refractivity (Wildman–Crippen MR) is 49.6 cm³/mol. The van der Waals surface area contributed by atoms with Crippen molar-refractivity contribution in [2.75, 3.05) is 7.11 Å². The summed E-state index contributed by atoms with van der Waals surface area (Å²) in [7, 11) is 1.47. The largest absolute Gasteiger partial charge is 0.750 e. The first-order chi connectivity index (χ1) is 6.97. The molecule has 2 aliphatic carbocycles. The number of ether oxygens (including phenoxy) is 1. The van der Waals surface area contributed by atoms with Crippen molar-refractivity contribution >= 4 is 17.1 Å². The first-order valence-corrected chi connectivity index (χ1v) is 4.74. The molecule has 0 saturated carbocycles. The van der Waals surface area contributed by atoms with Gasteiger partial charge >= 0.3 is 0 Å². The third kappa shape index (κ3) is 2.32. The first-order valence-electron chi connectivity index (χ1n) is 3.71. The van der Waals surface area contributed by atoms with E-state index in [1.807, 2.05) is 0 Å². The number of ketones is 1. The Morgan fingerprint density at radius 2 is 1.93 bits per heavy atom. The summed E-state index contributed by atoms with van der Waals surface area (Å²) in [5.41, 5.74) is 0.945. The van der Waals surface area contributed by atoms with Crippen LogP contribution in [0.5, 0.6) is 11.5 Å². The van der Waals surface area contributed by atoms with E-state index in [-0.39, 0.29) is 11.5 Å². The van der Waals surface area contributed by atoms with Gasteiger partial charge in [0.15, 0.2) is 0 Å². The minimum absolute atomic E-state index is 0.00171. The summed E-state index contributed by atoms with van der Waals surface area (Å²) in [5.74, 6) is 0.325. The zero-order chi connectivity index (χ0) is 11.6. The second-order valence-electron chi connectivity index (χ2n) is 2.62. The second-order valence-corrected chi connectivity index (χ2v) is 3.05. The normalized spacial score (nSPS) is 13.4. The van der Waals surface area contributed by atoms with Crippen LogP contribution in [-0.4, -0.2) is 31.3 Å². The molecule has 7 heteroatoms. The van der Waals surface area contributed by atoms with Gasteiger partial charge in [0.2, 0.25) is 5.78 Å². The molecule has 1 aromatic carbocycles. The molecular weight excluding hydrogens is 224 g/mol. The average Bonchev–Trinajstić information content (AvgIpc) is 2.14. The summed E-state index contributed by atoms with van der Waals surface area (Å²) in [6.45, 7) is 0. The number of benzene rings is 1. The SMILES string of the molecule is COc1cc(O)c2cc1C2=O.O=S([O-])O. The Balaban J connectivity index is 0.000000245. The number of carbonyl (C=O) groups excluding carboxylic acids is 1. The minimum atomic E-state index is -2.86. The van der Waals surface area contributed by atoms with Gasteiger partial charge in [0.05, 0.1) is 29.6 Å². The lowest BCUT2D eigenvalue weighted by Crippen LogP contribution is -2.14. The highest BCUT2D eigenvalue weighted by atomic mass is 32.2. The Bertz CT molecular complexity index is 423. The molecule has 0 heterocycles. The van der Waals surface area contributed by atoms with Crippen molar-refractivity contribution in [3.63, 3.8) is 0 Å². The Morgan fingerprint density at radius 1 is 1.40 bits per heavy atom. The topological polar surface area (TPSA) is 107 Å². The molecule has 0 aliphatic heterocycles. The summed E-state index contributed by atoms with van der Waals surface area (Å²) >= 11 is -2.86. The fourth-order valence-corrected chi connectivity index (χ4v) is 1.16. The zero-order valence-corrected chi connectivity index (χ0v) is 8.41. The van der Waals surface area contributed by atoms with E-state index in [2.05, 4.69) is 0 Å². The molecule has 0 amide bonds. The van der Waals surface area contributed by atoms with Crippen molar-refractivity contribution in [3.8, 4) is 11.5 Å². The standard InChI is InChI=1S/C8H6O3.H2O3S/c1-11-7-3-6(9)4-2-5(7)8(4)10;1-4(2)3/h2-3,9H,1H3;(H2,1,2,3)/p-1. The summed E-state index contributed by atoms with van der Waals surface area (Å²) in [4.78, 5) is 11.0. The van der Waals surface area contributed by atoms with Crippen LogP contribution in [0, 0.1) is 0 Å². The van der Waals surface area contributed by atoms with Crippen LogP contribution in [0.4, 0.5) is 0 Å². The van der Waals surface area contributed by atoms with E-state index in [0.29, 0.717) is 16.9 Å². The van der Waals surface area contributed by atoms with Crippen molar-refractivity contribution in [2.45, 2.75) is 0 Å². The number of aromatic hydroxyl groups is 1. The molecule has 2 bridgehead atoms. The van der Waals surface area contributed by atoms with Gasteiger partial charge in [-0.15, -0.1) is 0 Å². The van der Waals surface area contributed by atoms with Gasteiger partial charge in [-0.25, -0.2) is 4.21 Å². The number of carbonyl (C=O) groups is 1. The number of fused-ring (bicyclic) bond motifs is 2. The van der Waals surface area contributed by atoms with Crippen LogP contribution >= 0.6 is 0 Å². The molecule has 6 nitrogen and oxygen atoms in total. The Morgan fingerprint density at radius 3 is 2.27 bits per heavy atom. The van der Waals surface area contributed by atoms with Crippen molar-refractivity contribution in [1.29, 1.82) is 0 Å². The molecule has 15 heavy (non-hydrogen) atoms. The molecule has 2 N–H and O–H groups in total. The fourth-order valence-electron chi connectivity index (χ4n) is 1.16. The van der Waals surface area contributed by atoms with Crippen molar-refractivity contribution < 1.29 is 28.0 Å². The predicted octanol–water partition coefficient (Wildman–Crippen LogP) is 0.284. The lowest BCUT2D eigenvalue weighted by molar-refractivity contribution is 0.101. The maximum Gasteiger partial charge on any atom is 0.200 e. The lowest BCUT2D eigenvalue weighted by Gasteiger charge is -2.18. The van der Waals surface area contributed by atoms with Gasteiger partial charge in [-0.3, -0.25) is 4.79 Å². The first kappa shape index (κ1) is 11.6. The van der Waals surface area contributed by atoms with Gasteiger partial charge in [-0.2, -0.15) is 0 Å². The summed E-state index contributed by atoms with van der Waals surface area (Å²) in [6, 6.07) is 3.07. The van der Waals surface area contributed by atoms with E-state index >= 15 is 0 Å². The highest BCUT2D eigenvalue weighted by Crippen LogP contribution is 2.38. The molecule has 0 fully saturated rings. The van der Waals surface area contributed by atoms with Gasteiger partial charge in [0.1, 0.15) is 11.5 Å². The number of rotatable bonds is 1. The highest BCUT2D eigenvalue weighted by molar-refractivity contribution is 7.73. The van der Waals surface area contributed by atoms with Crippen LogP contribution in [-0.2, 0) is 11.4 Å². The molecule has 1 unspecified atom stereocenters. The van der Waals surface area contributed by atoms with Crippen LogP contribution < -0.4 is 4.74 Å². The van der Waals surface area contributed by atoms with Gasteiger partial charge < -0.3 is 18.9 Å². The van der Waals surface area contributed by atoms with E-state index in [1.165, 1.54) is 13.2 Å². The quantitative estimate of drug-likeness (QED) is 0.683. The Hall–Kier alpha value is -1.44. The Kier molecular flexibility index (Phi) is 3.40. The Labute approximate surface area is 87.6 Å². The maximum atomic E-state index is 11.0. The molecule has 3 rings (SSSR count). The number of methoxy groups -OCH3 is 1. The van der Waals surface area contributed by atoms with E-state index in [1.54, 1.807) is 6.07 Å². The monoisotopic (exact) mass is 231 g/mol. The molecule has 0 spiro atoms. The molecular formula is C8H7O6S-. The van der Waals surface area contributed by atoms with Gasteiger partial charge in [-0.1, -0.05) is 0 Å². The number of hydrogen-bond acceptors (Lipinski definition) is 5. The molecule has 1 atom stereocenters. The molecule has 0 radical (unpaired) electrons. The minimum Gasteiger partial charge on any atom is -0.750 e. The number of hydrogen-bond donors (Lipinski definition) is 2. The third-order valence-corrected chi connectivity index (χ3v) is 1.81. The van der Waals surface area contributed by atoms with Crippen LogP contribution in [0.2, 0.25) is 0 Å². The van der Waals surface area contributed by atoms with Crippen LogP contribution in [0.3, 0.4) is 0 Å². The number of phenols is 1. The van der Waals surface area contributed by atoms with Crippen LogP contribution in [0.25, 0.3) is 0 Å². The third-order valence-electron chi connectivity index (χ3n) is 1.81. The average molecular weight is 231 g/mol. The molecule has 1 aromatic rings.